The quantitative estimate of drug-likeness (QED) is 0.104. The summed E-state index contributed by atoms with van der Waals surface area (Å²) in [6.07, 6.45) is 5.03. The minimum atomic E-state index is -1.28. The van der Waals surface area contributed by atoms with Gasteiger partial charge in [0.2, 0.25) is 0 Å². The first-order valence-electron chi connectivity index (χ1n) is 18.3. The summed E-state index contributed by atoms with van der Waals surface area (Å²) in [5, 5.41) is 1.36. The molecule has 6 rings (SSSR count). The number of anilines is 1. The Bertz CT molecular complexity index is 2230. The van der Waals surface area contributed by atoms with E-state index in [1.165, 1.54) is 21.3 Å². The van der Waals surface area contributed by atoms with Gasteiger partial charge < -0.3 is 33.1 Å². The lowest BCUT2D eigenvalue weighted by Gasteiger charge is -2.41. The molecule has 0 spiro atoms. The summed E-state index contributed by atoms with van der Waals surface area (Å²) in [5.41, 5.74) is 4.09. The third kappa shape index (κ3) is 8.40. The van der Waals surface area contributed by atoms with Gasteiger partial charge in [-0.05, 0) is 87.3 Å². The molecule has 0 radical (unpaired) electrons. The van der Waals surface area contributed by atoms with Crippen LogP contribution in [-0.4, -0.2) is 77.8 Å². The highest BCUT2D eigenvalue weighted by Crippen LogP contribution is 2.44. The maximum Gasteiger partial charge on any atom is 0.410 e. The zero-order valence-electron chi connectivity index (χ0n) is 32.7. The van der Waals surface area contributed by atoms with Crippen molar-refractivity contribution in [3.05, 3.63) is 88.4 Å². The first-order valence-corrected chi connectivity index (χ1v) is 22.4. The number of amides is 1. The minimum Gasteiger partial charge on any atom is -0.495 e. The van der Waals surface area contributed by atoms with E-state index in [0.717, 1.165) is 28.2 Å². The predicted octanol–water partition coefficient (Wildman–Crippen LogP) is 9.02. The average Bonchev–Trinajstić information content (AvgIpc) is 3.66. The van der Waals surface area contributed by atoms with Crippen molar-refractivity contribution >= 4 is 42.4 Å². The van der Waals surface area contributed by atoms with Crippen LogP contribution < -0.4 is 15.3 Å². The Morgan fingerprint density at radius 2 is 1.69 bits per heavy atom. The lowest BCUT2D eigenvalue weighted by molar-refractivity contribution is 0.0159. The van der Waals surface area contributed by atoms with Crippen LogP contribution in [0.5, 0.6) is 5.75 Å². The SMILES string of the molecule is COc1c(-c2ccc(-n3ccn(C)c3=O)c(Cl)c2)cc(F)cc1-c1cc(N2CCN(C(=O)OC(C)(C)C)[C@H](C)C2)c2ccn(COCC[Si](C)(C)C)c2c1. The van der Waals surface area contributed by atoms with Crippen LogP contribution in [0.25, 0.3) is 38.8 Å². The Labute approximate surface area is 322 Å². The number of benzene rings is 3. The molecule has 1 aliphatic heterocycles. The molecule has 1 saturated heterocycles. The van der Waals surface area contributed by atoms with Gasteiger partial charge in [-0.1, -0.05) is 37.3 Å². The Morgan fingerprint density at radius 1 is 0.963 bits per heavy atom. The van der Waals surface area contributed by atoms with Crippen LogP contribution in [0.3, 0.4) is 0 Å². The second kappa shape index (κ2) is 15.3. The van der Waals surface area contributed by atoms with Crippen LogP contribution in [0.4, 0.5) is 14.9 Å². The fraction of sp³-hybridized carbons (Fsp3) is 0.415. The van der Waals surface area contributed by atoms with Crippen molar-refractivity contribution in [2.45, 2.75) is 71.8 Å². The summed E-state index contributed by atoms with van der Waals surface area (Å²) < 4.78 is 38.8. The molecule has 1 fully saturated rings. The maximum atomic E-state index is 15.8. The second-order valence-corrected chi connectivity index (χ2v) is 22.3. The molecule has 5 aromatic rings. The molecule has 0 unspecified atom stereocenters. The minimum absolute atomic E-state index is 0.117. The molecule has 0 aliphatic carbocycles. The monoisotopic (exact) mass is 775 g/mol. The number of ether oxygens (including phenoxy) is 3. The number of halogens is 2. The van der Waals surface area contributed by atoms with E-state index in [1.54, 1.807) is 43.6 Å². The average molecular weight is 776 g/mol. The van der Waals surface area contributed by atoms with Gasteiger partial charge in [0.1, 0.15) is 23.9 Å². The van der Waals surface area contributed by atoms with E-state index in [-0.39, 0.29) is 17.8 Å². The second-order valence-electron chi connectivity index (χ2n) is 16.3. The lowest BCUT2D eigenvalue weighted by Crippen LogP contribution is -2.55. The smallest absolute Gasteiger partial charge is 0.410 e. The molecule has 2 aromatic heterocycles. The summed E-state index contributed by atoms with van der Waals surface area (Å²) in [6.45, 7) is 17.3. The summed E-state index contributed by atoms with van der Waals surface area (Å²) in [7, 11) is 1.97. The van der Waals surface area contributed by atoms with Crippen LogP contribution in [0, 0.1) is 5.82 Å². The van der Waals surface area contributed by atoms with E-state index in [0.29, 0.717) is 66.1 Å². The summed E-state index contributed by atoms with van der Waals surface area (Å²) in [5.74, 6) is 0.0431. The molecule has 10 nitrogen and oxygen atoms in total. The van der Waals surface area contributed by atoms with Gasteiger partial charge in [-0.2, -0.15) is 0 Å². The molecule has 54 heavy (non-hydrogen) atoms. The van der Waals surface area contributed by atoms with Crippen molar-refractivity contribution in [1.29, 1.82) is 0 Å². The Balaban J connectivity index is 1.43. The van der Waals surface area contributed by atoms with Gasteiger partial charge in [-0.15, -0.1) is 0 Å². The van der Waals surface area contributed by atoms with E-state index in [1.807, 2.05) is 40.0 Å². The molecule has 0 saturated carbocycles. The molecule has 3 heterocycles. The molecule has 288 valence electrons. The largest absolute Gasteiger partial charge is 0.495 e. The summed E-state index contributed by atoms with van der Waals surface area (Å²) in [4.78, 5) is 29.8. The number of fused-ring (bicyclic) bond motifs is 1. The first kappa shape index (κ1) is 39.2. The highest BCUT2D eigenvalue weighted by Gasteiger charge is 2.32. The highest BCUT2D eigenvalue weighted by molar-refractivity contribution is 6.76. The van der Waals surface area contributed by atoms with Crippen LogP contribution in [0.15, 0.2) is 71.9 Å². The number of methoxy groups -OCH3 is 1. The summed E-state index contributed by atoms with van der Waals surface area (Å²) in [6, 6.07) is 15.4. The van der Waals surface area contributed by atoms with E-state index in [2.05, 4.69) is 47.3 Å². The molecule has 0 N–H and O–H groups in total. The molecule has 0 bridgehead atoms. The fourth-order valence-electron chi connectivity index (χ4n) is 6.88. The zero-order chi connectivity index (χ0) is 39.1. The standard InChI is InChI=1S/C41H51ClFN5O5Si/c1-27-25-45(15-17-47(27)40(50)53-41(2,3)4)36-21-29(22-37-31(36)12-13-46(37)26-52-18-19-54(7,8)9)33-24-30(43)23-32(38(33)51-6)28-10-11-35(34(42)20-28)48-16-14-44(5)39(48)49/h10-14,16,20-24,27H,15,17-19,25-26H2,1-9H3/t27-/m1/s1. The van der Waals surface area contributed by atoms with Crippen molar-refractivity contribution in [3.8, 4) is 33.7 Å². The van der Waals surface area contributed by atoms with Crippen molar-refractivity contribution in [2.75, 3.05) is 38.3 Å². The zero-order valence-corrected chi connectivity index (χ0v) is 34.5. The molecule has 1 atom stereocenters. The van der Waals surface area contributed by atoms with Crippen LogP contribution in [-0.2, 0) is 23.3 Å². The lowest BCUT2D eigenvalue weighted by atomic mass is 9.95. The Morgan fingerprint density at radius 3 is 2.30 bits per heavy atom. The normalized spacial score (nSPS) is 15.3. The molecular weight excluding hydrogens is 725 g/mol. The van der Waals surface area contributed by atoms with Gasteiger partial charge in [0, 0.05) is 88.2 Å². The van der Waals surface area contributed by atoms with Crippen LogP contribution in [0.2, 0.25) is 30.7 Å². The molecule has 1 aliphatic rings. The number of hydrogen-bond donors (Lipinski definition) is 0. The van der Waals surface area contributed by atoms with Crippen molar-refractivity contribution in [2.24, 2.45) is 7.05 Å². The van der Waals surface area contributed by atoms with Crippen LogP contribution in [0.1, 0.15) is 27.7 Å². The number of imidazole rings is 1. The number of nitrogens with zero attached hydrogens (tertiary/aromatic N) is 5. The number of rotatable bonds is 10. The van der Waals surface area contributed by atoms with Crippen molar-refractivity contribution in [3.63, 3.8) is 0 Å². The van der Waals surface area contributed by atoms with E-state index >= 15 is 4.39 Å². The molecule has 13 heteroatoms. The molecular formula is C41H51ClFN5O5Si. The van der Waals surface area contributed by atoms with E-state index in [9.17, 15) is 9.59 Å². The van der Waals surface area contributed by atoms with Crippen molar-refractivity contribution in [1.82, 2.24) is 18.6 Å². The van der Waals surface area contributed by atoms with Gasteiger partial charge in [-0.25, -0.2) is 14.0 Å². The number of aryl methyl sites for hydroxylation is 1. The van der Waals surface area contributed by atoms with E-state index < -0.39 is 19.5 Å². The summed E-state index contributed by atoms with van der Waals surface area (Å²) >= 11 is 6.76. The topological polar surface area (TPSA) is 83.1 Å². The number of piperazine rings is 1. The highest BCUT2D eigenvalue weighted by atomic mass is 35.5. The number of hydrogen-bond acceptors (Lipinski definition) is 6. The third-order valence-electron chi connectivity index (χ3n) is 9.72. The van der Waals surface area contributed by atoms with Crippen molar-refractivity contribution < 1.29 is 23.4 Å². The van der Waals surface area contributed by atoms with Gasteiger partial charge >= 0.3 is 11.8 Å². The maximum absolute atomic E-state index is 15.8. The Hall–Kier alpha value is -4.52. The molecule has 3 aromatic carbocycles. The first-order chi connectivity index (χ1) is 25.4. The van der Waals surface area contributed by atoms with Crippen LogP contribution >= 0.6 is 11.6 Å². The van der Waals surface area contributed by atoms with Gasteiger partial charge in [0.15, 0.2) is 0 Å². The molecule has 1 amide bonds. The van der Waals surface area contributed by atoms with Gasteiger partial charge in [0.25, 0.3) is 0 Å². The van der Waals surface area contributed by atoms with Gasteiger partial charge in [0.05, 0.1) is 23.3 Å². The van der Waals surface area contributed by atoms with Gasteiger partial charge in [-0.3, -0.25) is 4.57 Å². The number of carbonyl (C=O) groups is 1. The predicted molar refractivity (Wildman–Crippen MR) is 218 cm³/mol. The van der Waals surface area contributed by atoms with E-state index in [4.69, 9.17) is 25.8 Å². The third-order valence-corrected chi connectivity index (χ3v) is 11.7. The number of aromatic nitrogens is 3. The number of carbonyl (C=O) groups excluding carboxylic acids is 1. The Kier molecular flexibility index (Phi) is 11.1. The fourth-order valence-corrected chi connectivity index (χ4v) is 7.90.